The highest BCUT2D eigenvalue weighted by atomic mass is 15.2. The summed E-state index contributed by atoms with van der Waals surface area (Å²) in [5.41, 5.74) is 12.2. The molecule has 312 valence electrons. The Hall–Kier alpha value is -7.16. The normalized spacial score (nSPS) is 13.1. The van der Waals surface area contributed by atoms with Crippen molar-refractivity contribution >= 4 is 88.0 Å². The van der Waals surface area contributed by atoms with Crippen LogP contribution in [-0.2, 0) is 17.3 Å². The molecule has 0 aliphatic heterocycles. The van der Waals surface area contributed by atoms with E-state index >= 15 is 0 Å². The lowest BCUT2D eigenvalue weighted by Gasteiger charge is -2.34. The highest BCUT2D eigenvalue weighted by Gasteiger charge is 2.30. The highest BCUT2D eigenvalue weighted by molar-refractivity contribution is 6.12. The van der Waals surface area contributed by atoms with Gasteiger partial charge in [-0.25, -0.2) is 0 Å². The van der Waals surface area contributed by atoms with Crippen molar-refractivity contribution in [1.29, 1.82) is 0 Å². The molecule has 0 saturated carbocycles. The molecule has 64 heavy (non-hydrogen) atoms. The van der Waals surface area contributed by atoms with E-state index in [-0.39, 0.29) is 10.8 Å². The molecular formula is C62H54N2. The number of fused-ring (bicyclic) bond motifs is 6. The number of hydrogen-bond acceptors (Lipinski definition) is 2. The third-order valence-corrected chi connectivity index (χ3v) is 13.4. The Morgan fingerprint density at radius 1 is 0.359 bits per heavy atom. The maximum Gasteiger partial charge on any atom is 0.0540 e. The lowest BCUT2D eigenvalue weighted by molar-refractivity contribution is 0.593. The molecule has 0 heterocycles. The van der Waals surface area contributed by atoms with Gasteiger partial charge in [-0.2, -0.15) is 0 Å². The summed E-state index contributed by atoms with van der Waals surface area (Å²) in [7, 11) is 0. The van der Waals surface area contributed by atoms with E-state index in [1.54, 1.807) is 0 Å². The molecule has 0 fully saturated rings. The standard InChI is InChI=1S/C62H54N2/c1-61(2,3)59-51-37-35-46(64(57-33-17-25-43-21-9-13-29-49(43)57)58-34-18-26-44-22-10-14-30-50(44)58)40-54(51)60(62(4,5)6)52-38-36-45(39-53(52)59)63(55-31-15-23-41-19-7-11-27-47(41)55)56-32-16-24-42-20-8-12-28-48(42)56/h7-17,19-25,27-40H,18,26H2,1-6H3. The predicted octanol–water partition coefficient (Wildman–Crippen LogP) is 17.6. The average Bonchev–Trinajstić information content (AvgIpc) is 3.30. The van der Waals surface area contributed by atoms with Gasteiger partial charge in [-0.1, -0.05) is 193 Å². The minimum atomic E-state index is -0.170. The number of aryl methyl sites for hydroxylation is 1. The molecule has 2 nitrogen and oxygen atoms in total. The second kappa shape index (κ2) is 15.3. The van der Waals surface area contributed by atoms with Gasteiger partial charge in [-0.15, -0.1) is 0 Å². The van der Waals surface area contributed by atoms with Gasteiger partial charge in [0.05, 0.1) is 17.1 Å². The monoisotopic (exact) mass is 826 g/mol. The summed E-state index contributed by atoms with van der Waals surface area (Å²) in [6.07, 6.45) is 4.51. The van der Waals surface area contributed by atoms with Gasteiger partial charge in [0.1, 0.15) is 0 Å². The van der Waals surface area contributed by atoms with Crippen LogP contribution in [-0.4, -0.2) is 0 Å². The third kappa shape index (κ3) is 6.63. The molecule has 10 aromatic rings. The molecule has 2 heteroatoms. The Morgan fingerprint density at radius 3 is 1.25 bits per heavy atom. The summed E-state index contributed by atoms with van der Waals surface area (Å²) in [4.78, 5) is 5.04. The summed E-state index contributed by atoms with van der Waals surface area (Å²) in [6.45, 7) is 14.3. The first-order valence-electron chi connectivity index (χ1n) is 22.9. The van der Waals surface area contributed by atoms with E-state index in [1.165, 1.54) is 105 Å². The van der Waals surface area contributed by atoms with Gasteiger partial charge in [0, 0.05) is 38.8 Å². The molecule has 0 saturated heterocycles. The minimum absolute atomic E-state index is 0.168. The van der Waals surface area contributed by atoms with Crippen molar-refractivity contribution in [3.05, 3.63) is 216 Å². The molecule has 0 amide bonds. The summed E-state index contributed by atoms with van der Waals surface area (Å²) in [5.74, 6) is 0. The Labute approximate surface area is 377 Å². The van der Waals surface area contributed by atoms with Gasteiger partial charge in [0.15, 0.2) is 0 Å². The van der Waals surface area contributed by atoms with Crippen LogP contribution in [0.1, 0.15) is 70.2 Å². The van der Waals surface area contributed by atoms with Crippen molar-refractivity contribution in [3.63, 3.8) is 0 Å². The van der Waals surface area contributed by atoms with Crippen molar-refractivity contribution in [2.24, 2.45) is 0 Å². The van der Waals surface area contributed by atoms with E-state index in [1.807, 2.05) is 0 Å². The number of hydrogen-bond donors (Lipinski definition) is 0. The molecule has 11 rings (SSSR count). The van der Waals surface area contributed by atoms with Crippen LogP contribution in [0.4, 0.5) is 28.4 Å². The second-order valence-corrected chi connectivity index (χ2v) is 19.7. The molecular weight excluding hydrogens is 773 g/mol. The molecule has 1 aliphatic rings. The molecule has 0 bridgehead atoms. The zero-order valence-electron chi connectivity index (χ0n) is 37.8. The zero-order valence-corrected chi connectivity index (χ0v) is 37.8. The van der Waals surface area contributed by atoms with E-state index in [4.69, 9.17) is 0 Å². The van der Waals surface area contributed by atoms with Crippen molar-refractivity contribution in [2.45, 2.75) is 65.2 Å². The number of rotatable bonds is 6. The van der Waals surface area contributed by atoms with Gasteiger partial charge >= 0.3 is 0 Å². The van der Waals surface area contributed by atoms with Crippen LogP contribution in [0.2, 0.25) is 0 Å². The molecule has 10 aromatic carbocycles. The fourth-order valence-electron chi connectivity index (χ4n) is 10.8. The van der Waals surface area contributed by atoms with Crippen molar-refractivity contribution in [1.82, 2.24) is 0 Å². The van der Waals surface area contributed by atoms with Crippen LogP contribution >= 0.6 is 0 Å². The van der Waals surface area contributed by atoms with Crippen molar-refractivity contribution in [3.8, 4) is 0 Å². The minimum Gasteiger partial charge on any atom is -0.310 e. The Balaban J connectivity index is 1.20. The predicted molar refractivity (Wildman–Crippen MR) is 277 cm³/mol. The van der Waals surface area contributed by atoms with Gasteiger partial charge < -0.3 is 9.80 Å². The largest absolute Gasteiger partial charge is 0.310 e. The first-order valence-corrected chi connectivity index (χ1v) is 22.9. The first-order chi connectivity index (χ1) is 31.0. The summed E-state index contributed by atoms with van der Waals surface area (Å²) < 4.78 is 0. The first kappa shape index (κ1) is 39.7. The smallest absolute Gasteiger partial charge is 0.0540 e. The fourth-order valence-corrected chi connectivity index (χ4v) is 10.8. The Kier molecular flexibility index (Phi) is 9.47. The number of benzene rings is 10. The number of anilines is 5. The summed E-state index contributed by atoms with van der Waals surface area (Å²) in [5, 5.41) is 12.6. The third-order valence-electron chi connectivity index (χ3n) is 13.4. The van der Waals surface area contributed by atoms with Gasteiger partial charge in [0.25, 0.3) is 0 Å². The molecule has 0 N–H and O–H groups in total. The quantitative estimate of drug-likeness (QED) is 0.154. The van der Waals surface area contributed by atoms with Crippen LogP contribution in [0.15, 0.2) is 194 Å². The van der Waals surface area contributed by atoms with E-state index in [9.17, 15) is 0 Å². The van der Waals surface area contributed by atoms with Crippen LogP contribution in [0.25, 0.3) is 59.6 Å². The van der Waals surface area contributed by atoms with Crippen LogP contribution in [0.5, 0.6) is 0 Å². The highest BCUT2D eigenvalue weighted by Crippen LogP contribution is 2.50. The Morgan fingerprint density at radius 2 is 0.766 bits per heavy atom. The maximum atomic E-state index is 2.54. The number of allylic oxidation sites excluding steroid dienone is 1. The SMILES string of the molecule is CC(C)(C)c1c2ccc(N(c3cccc4ccccc34)c3cccc4ccccc34)cc2c(C(C)(C)C)c2ccc(N(C3=CCCc4ccccc43)c3cccc4ccccc34)cc12. The lowest BCUT2D eigenvalue weighted by atomic mass is 9.74. The second-order valence-electron chi connectivity index (χ2n) is 19.7. The van der Waals surface area contributed by atoms with Crippen LogP contribution in [0, 0.1) is 0 Å². The fraction of sp³-hybridized carbons (Fsp3) is 0.161. The maximum absolute atomic E-state index is 2.54. The molecule has 0 unspecified atom stereocenters. The topological polar surface area (TPSA) is 6.48 Å². The number of nitrogens with zero attached hydrogens (tertiary/aromatic N) is 2. The molecule has 0 atom stereocenters. The Bertz CT molecular complexity index is 3390. The van der Waals surface area contributed by atoms with Crippen LogP contribution in [0.3, 0.4) is 0 Å². The molecule has 0 radical (unpaired) electrons. The molecule has 1 aliphatic carbocycles. The van der Waals surface area contributed by atoms with Gasteiger partial charge in [-0.05, 0) is 121 Å². The van der Waals surface area contributed by atoms with Gasteiger partial charge in [0.2, 0.25) is 0 Å². The van der Waals surface area contributed by atoms with Crippen molar-refractivity contribution in [2.75, 3.05) is 9.80 Å². The summed E-state index contributed by atoms with van der Waals surface area (Å²) >= 11 is 0. The molecule has 0 aromatic heterocycles. The lowest BCUT2D eigenvalue weighted by Crippen LogP contribution is -2.20. The van der Waals surface area contributed by atoms with E-state index in [0.29, 0.717) is 0 Å². The van der Waals surface area contributed by atoms with E-state index in [0.717, 1.165) is 18.5 Å². The summed E-state index contributed by atoms with van der Waals surface area (Å²) in [6, 6.07) is 70.1. The molecule has 0 spiro atoms. The van der Waals surface area contributed by atoms with Crippen LogP contribution < -0.4 is 9.80 Å². The average molecular weight is 827 g/mol. The van der Waals surface area contributed by atoms with Crippen molar-refractivity contribution < 1.29 is 0 Å². The zero-order chi connectivity index (χ0) is 43.7. The van der Waals surface area contributed by atoms with E-state index in [2.05, 4.69) is 245 Å². The van der Waals surface area contributed by atoms with Gasteiger partial charge in [-0.3, -0.25) is 0 Å². The van der Waals surface area contributed by atoms with E-state index < -0.39 is 0 Å².